The van der Waals surface area contributed by atoms with E-state index in [2.05, 4.69) is 31.1 Å². The second kappa shape index (κ2) is 8.44. The van der Waals surface area contributed by atoms with E-state index in [0.717, 1.165) is 13.1 Å². The van der Waals surface area contributed by atoms with Gasteiger partial charge in [-0.25, -0.2) is 5.84 Å². The SMILES string of the molecule is COCCN(CC(C)C)C(C)C(C)C(=O)NN. The Kier molecular flexibility index (Phi) is 8.12. The van der Waals surface area contributed by atoms with Crippen LogP contribution in [0.2, 0.25) is 0 Å². The van der Waals surface area contributed by atoms with Crippen LogP contribution in [0.15, 0.2) is 0 Å². The van der Waals surface area contributed by atoms with Crippen LogP contribution in [0.25, 0.3) is 0 Å². The zero-order valence-electron chi connectivity index (χ0n) is 11.7. The van der Waals surface area contributed by atoms with E-state index < -0.39 is 0 Å². The standard InChI is InChI=1S/C12H27N3O2/c1-9(2)8-15(6-7-17-5)11(4)10(3)12(16)14-13/h9-11H,6-8,13H2,1-5H3,(H,14,16). The molecule has 0 heterocycles. The van der Waals surface area contributed by atoms with Crippen LogP contribution in [0.1, 0.15) is 27.7 Å². The van der Waals surface area contributed by atoms with Gasteiger partial charge in [0.05, 0.1) is 12.5 Å². The van der Waals surface area contributed by atoms with Gasteiger partial charge in [-0.1, -0.05) is 20.8 Å². The summed E-state index contributed by atoms with van der Waals surface area (Å²) in [4.78, 5) is 13.8. The molecule has 0 saturated carbocycles. The molecule has 0 bridgehead atoms. The van der Waals surface area contributed by atoms with E-state index in [4.69, 9.17) is 10.6 Å². The van der Waals surface area contributed by atoms with Crippen molar-refractivity contribution in [3.8, 4) is 0 Å². The highest BCUT2D eigenvalue weighted by molar-refractivity contribution is 5.78. The van der Waals surface area contributed by atoms with E-state index in [-0.39, 0.29) is 17.9 Å². The number of hydrazine groups is 1. The Morgan fingerprint density at radius 2 is 1.94 bits per heavy atom. The minimum atomic E-state index is -0.129. The summed E-state index contributed by atoms with van der Waals surface area (Å²) in [7, 11) is 1.69. The summed E-state index contributed by atoms with van der Waals surface area (Å²) in [6.07, 6.45) is 0. The number of amides is 1. The molecule has 0 saturated heterocycles. The van der Waals surface area contributed by atoms with Crippen LogP contribution < -0.4 is 11.3 Å². The minimum absolute atomic E-state index is 0.122. The second-order valence-electron chi connectivity index (χ2n) is 4.92. The van der Waals surface area contributed by atoms with Crippen molar-refractivity contribution in [2.75, 3.05) is 26.8 Å². The van der Waals surface area contributed by atoms with Crippen molar-refractivity contribution >= 4 is 5.91 Å². The first kappa shape index (κ1) is 16.4. The molecule has 2 atom stereocenters. The number of rotatable bonds is 8. The molecule has 0 aliphatic heterocycles. The monoisotopic (exact) mass is 245 g/mol. The van der Waals surface area contributed by atoms with Gasteiger partial charge < -0.3 is 4.74 Å². The fourth-order valence-corrected chi connectivity index (χ4v) is 1.81. The maximum atomic E-state index is 11.5. The molecule has 0 aliphatic carbocycles. The van der Waals surface area contributed by atoms with Gasteiger partial charge in [-0.15, -0.1) is 0 Å². The van der Waals surface area contributed by atoms with Gasteiger partial charge in [0, 0.05) is 26.2 Å². The number of nitrogens with zero attached hydrogens (tertiary/aromatic N) is 1. The molecule has 0 radical (unpaired) electrons. The normalized spacial score (nSPS) is 15.1. The number of methoxy groups -OCH3 is 1. The molecule has 1 amide bonds. The number of nitrogens with one attached hydrogen (secondary N) is 1. The van der Waals surface area contributed by atoms with Crippen molar-refractivity contribution in [1.29, 1.82) is 0 Å². The zero-order chi connectivity index (χ0) is 13.4. The van der Waals surface area contributed by atoms with Crippen LogP contribution in [0.4, 0.5) is 0 Å². The van der Waals surface area contributed by atoms with Gasteiger partial charge in [-0.3, -0.25) is 15.1 Å². The second-order valence-corrected chi connectivity index (χ2v) is 4.92. The topological polar surface area (TPSA) is 67.6 Å². The van der Waals surface area contributed by atoms with Gasteiger partial charge in [-0.05, 0) is 12.8 Å². The Morgan fingerprint density at radius 1 is 1.35 bits per heavy atom. The molecular formula is C12H27N3O2. The van der Waals surface area contributed by atoms with Crippen molar-refractivity contribution in [2.24, 2.45) is 17.7 Å². The molecule has 3 N–H and O–H groups in total. The van der Waals surface area contributed by atoms with Gasteiger partial charge in [0.1, 0.15) is 0 Å². The van der Waals surface area contributed by atoms with Gasteiger partial charge in [0.25, 0.3) is 0 Å². The van der Waals surface area contributed by atoms with Gasteiger partial charge in [0.2, 0.25) is 5.91 Å². The fourth-order valence-electron chi connectivity index (χ4n) is 1.81. The number of ether oxygens (including phenoxy) is 1. The van der Waals surface area contributed by atoms with Gasteiger partial charge >= 0.3 is 0 Å². The zero-order valence-corrected chi connectivity index (χ0v) is 11.7. The first-order valence-corrected chi connectivity index (χ1v) is 6.17. The third-order valence-corrected chi connectivity index (χ3v) is 3.04. The molecular weight excluding hydrogens is 218 g/mol. The fraction of sp³-hybridized carbons (Fsp3) is 0.917. The molecule has 0 fully saturated rings. The number of hydrogen-bond acceptors (Lipinski definition) is 4. The van der Waals surface area contributed by atoms with Crippen molar-refractivity contribution in [1.82, 2.24) is 10.3 Å². The van der Waals surface area contributed by atoms with Crippen LogP contribution in [-0.4, -0.2) is 43.7 Å². The minimum Gasteiger partial charge on any atom is -0.383 e. The summed E-state index contributed by atoms with van der Waals surface area (Å²) in [6, 6.07) is 0.149. The Morgan fingerprint density at radius 3 is 2.35 bits per heavy atom. The molecule has 5 heteroatoms. The summed E-state index contributed by atoms with van der Waals surface area (Å²) in [5.74, 6) is 5.48. The third kappa shape index (κ3) is 6.00. The molecule has 0 spiro atoms. The summed E-state index contributed by atoms with van der Waals surface area (Å²) >= 11 is 0. The molecule has 2 unspecified atom stereocenters. The lowest BCUT2D eigenvalue weighted by molar-refractivity contribution is -0.126. The summed E-state index contributed by atoms with van der Waals surface area (Å²) in [5, 5.41) is 0. The molecule has 0 aromatic carbocycles. The molecule has 102 valence electrons. The van der Waals surface area contributed by atoms with Crippen LogP contribution in [0.3, 0.4) is 0 Å². The molecule has 0 aromatic heterocycles. The Hall–Kier alpha value is -0.650. The lowest BCUT2D eigenvalue weighted by Gasteiger charge is -2.33. The lowest BCUT2D eigenvalue weighted by Crippen LogP contribution is -2.48. The first-order chi connectivity index (χ1) is 7.93. The highest BCUT2D eigenvalue weighted by atomic mass is 16.5. The van der Waals surface area contributed by atoms with E-state index in [1.165, 1.54) is 0 Å². The smallest absolute Gasteiger partial charge is 0.238 e. The number of carbonyl (C=O) groups excluding carboxylic acids is 1. The maximum absolute atomic E-state index is 11.5. The lowest BCUT2D eigenvalue weighted by atomic mass is 10.00. The number of nitrogens with two attached hydrogens (primary N) is 1. The van der Waals surface area contributed by atoms with Crippen LogP contribution in [-0.2, 0) is 9.53 Å². The van der Waals surface area contributed by atoms with Gasteiger partial charge in [0.15, 0.2) is 0 Å². The highest BCUT2D eigenvalue weighted by Gasteiger charge is 2.25. The Balaban J connectivity index is 4.48. The van der Waals surface area contributed by atoms with Crippen LogP contribution in [0.5, 0.6) is 0 Å². The average molecular weight is 245 g/mol. The highest BCUT2D eigenvalue weighted by Crippen LogP contribution is 2.13. The molecule has 0 aliphatic rings. The van der Waals surface area contributed by atoms with Gasteiger partial charge in [-0.2, -0.15) is 0 Å². The first-order valence-electron chi connectivity index (χ1n) is 6.17. The maximum Gasteiger partial charge on any atom is 0.238 e. The van der Waals surface area contributed by atoms with E-state index in [1.54, 1.807) is 7.11 Å². The molecule has 17 heavy (non-hydrogen) atoms. The van der Waals surface area contributed by atoms with E-state index >= 15 is 0 Å². The van der Waals surface area contributed by atoms with Crippen molar-refractivity contribution in [3.05, 3.63) is 0 Å². The molecule has 5 nitrogen and oxygen atoms in total. The average Bonchev–Trinajstić information content (AvgIpc) is 2.31. The third-order valence-electron chi connectivity index (χ3n) is 3.04. The number of hydrogen-bond donors (Lipinski definition) is 2. The van der Waals surface area contributed by atoms with Crippen molar-refractivity contribution in [3.63, 3.8) is 0 Å². The predicted molar refractivity (Wildman–Crippen MR) is 69.2 cm³/mol. The van der Waals surface area contributed by atoms with E-state index in [9.17, 15) is 4.79 Å². The van der Waals surface area contributed by atoms with Crippen LogP contribution in [0, 0.1) is 11.8 Å². The van der Waals surface area contributed by atoms with Crippen molar-refractivity contribution < 1.29 is 9.53 Å². The Labute approximate surface area is 105 Å². The van der Waals surface area contributed by atoms with E-state index in [1.807, 2.05) is 6.92 Å². The Bertz CT molecular complexity index is 222. The predicted octanol–water partition coefficient (Wildman–Crippen LogP) is 0.605. The summed E-state index contributed by atoms with van der Waals surface area (Å²) in [5.41, 5.74) is 2.21. The molecule has 0 aromatic rings. The quantitative estimate of drug-likeness (QED) is 0.373. The number of carbonyl (C=O) groups is 1. The van der Waals surface area contributed by atoms with Crippen LogP contribution >= 0.6 is 0 Å². The summed E-state index contributed by atoms with van der Waals surface area (Å²) in [6.45, 7) is 10.7. The summed E-state index contributed by atoms with van der Waals surface area (Å²) < 4.78 is 5.10. The largest absolute Gasteiger partial charge is 0.383 e. The molecule has 0 rings (SSSR count). The van der Waals surface area contributed by atoms with E-state index in [0.29, 0.717) is 12.5 Å². The van der Waals surface area contributed by atoms with Crippen molar-refractivity contribution in [2.45, 2.75) is 33.7 Å².